The molecule has 0 aliphatic heterocycles. The fraction of sp³-hybridized carbons (Fsp3) is 0.133. The first-order chi connectivity index (χ1) is 9.58. The van der Waals surface area contributed by atoms with E-state index < -0.39 is 17.8 Å². The minimum Gasteiger partial charge on any atom is -0.398 e. The van der Waals surface area contributed by atoms with Crippen molar-refractivity contribution in [3.05, 3.63) is 65.5 Å². The van der Waals surface area contributed by atoms with Crippen molar-refractivity contribution in [3.8, 4) is 0 Å². The molecule has 0 saturated carbocycles. The van der Waals surface area contributed by atoms with E-state index in [4.69, 9.17) is 5.73 Å². The van der Waals surface area contributed by atoms with E-state index in [9.17, 15) is 14.3 Å². The average molecular weight is 274 g/mol. The number of carbonyl (C=O) groups excluding carboxylic acids is 1. The van der Waals surface area contributed by atoms with Gasteiger partial charge in [-0.25, -0.2) is 4.39 Å². The van der Waals surface area contributed by atoms with Crippen LogP contribution in [0.4, 0.5) is 10.1 Å². The van der Waals surface area contributed by atoms with Gasteiger partial charge in [0.15, 0.2) is 0 Å². The summed E-state index contributed by atoms with van der Waals surface area (Å²) >= 11 is 0. The molecule has 0 radical (unpaired) electrons. The van der Waals surface area contributed by atoms with Crippen LogP contribution >= 0.6 is 0 Å². The number of aliphatic hydroxyl groups excluding tert-OH is 1. The van der Waals surface area contributed by atoms with Gasteiger partial charge in [0, 0.05) is 12.2 Å². The van der Waals surface area contributed by atoms with Crippen LogP contribution in [0.25, 0.3) is 0 Å². The van der Waals surface area contributed by atoms with Gasteiger partial charge < -0.3 is 16.2 Å². The number of carbonyl (C=O) groups is 1. The number of nitrogens with one attached hydrogen (secondary N) is 1. The van der Waals surface area contributed by atoms with E-state index in [1.54, 1.807) is 24.3 Å². The van der Waals surface area contributed by atoms with Crippen LogP contribution in [0.1, 0.15) is 22.0 Å². The molecular formula is C15H15FN2O2. The third-order valence-corrected chi connectivity index (χ3v) is 2.90. The second-order valence-corrected chi connectivity index (χ2v) is 4.37. The fourth-order valence-electron chi connectivity index (χ4n) is 1.82. The van der Waals surface area contributed by atoms with Crippen LogP contribution < -0.4 is 11.1 Å². The van der Waals surface area contributed by atoms with E-state index >= 15 is 0 Å². The fourth-order valence-corrected chi connectivity index (χ4v) is 1.82. The molecule has 0 aromatic heterocycles. The van der Waals surface area contributed by atoms with Gasteiger partial charge in [0.1, 0.15) is 5.82 Å². The molecule has 4 N–H and O–H groups in total. The monoisotopic (exact) mass is 274 g/mol. The molecule has 1 unspecified atom stereocenters. The molecule has 0 aliphatic rings. The minimum absolute atomic E-state index is 0.0552. The Morgan fingerprint density at radius 1 is 1.25 bits per heavy atom. The summed E-state index contributed by atoms with van der Waals surface area (Å²) in [4.78, 5) is 11.9. The lowest BCUT2D eigenvalue weighted by molar-refractivity contribution is 0.0917. The van der Waals surface area contributed by atoms with Crippen molar-refractivity contribution in [1.82, 2.24) is 5.32 Å². The molecule has 104 valence electrons. The molecule has 2 aromatic rings. The minimum atomic E-state index is -0.804. The van der Waals surface area contributed by atoms with Gasteiger partial charge in [-0.05, 0) is 23.8 Å². The van der Waals surface area contributed by atoms with E-state index in [1.807, 2.05) is 6.07 Å². The Kier molecular flexibility index (Phi) is 4.32. The molecule has 4 nitrogen and oxygen atoms in total. The van der Waals surface area contributed by atoms with Gasteiger partial charge in [-0.3, -0.25) is 4.79 Å². The van der Waals surface area contributed by atoms with Gasteiger partial charge in [0.05, 0.1) is 11.7 Å². The third-order valence-electron chi connectivity index (χ3n) is 2.90. The molecule has 20 heavy (non-hydrogen) atoms. The first-order valence-corrected chi connectivity index (χ1v) is 6.14. The van der Waals surface area contributed by atoms with Gasteiger partial charge in [-0.15, -0.1) is 0 Å². The van der Waals surface area contributed by atoms with Gasteiger partial charge in [-0.1, -0.05) is 30.3 Å². The maximum atomic E-state index is 12.9. The maximum Gasteiger partial charge on any atom is 0.253 e. The van der Waals surface area contributed by atoms with Gasteiger partial charge >= 0.3 is 0 Å². The maximum absolute atomic E-state index is 12.9. The first-order valence-electron chi connectivity index (χ1n) is 6.14. The molecule has 0 spiro atoms. The van der Waals surface area contributed by atoms with Crippen molar-refractivity contribution < 1.29 is 14.3 Å². The number of amides is 1. The van der Waals surface area contributed by atoms with Crippen LogP contribution in [-0.4, -0.2) is 17.6 Å². The number of nitrogens with two attached hydrogens (primary N) is 1. The molecule has 0 bridgehead atoms. The molecule has 2 rings (SSSR count). The highest BCUT2D eigenvalue weighted by Gasteiger charge is 2.13. The molecule has 5 heteroatoms. The van der Waals surface area contributed by atoms with E-state index in [0.717, 1.165) is 6.07 Å². The molecule has 1 atom stereocenters. The predicted molar refractivity (Wildman–Crippen MR) is 74.5 cm³/mol. The quantitative estimate of drug-likeness (QED) is 0.745. The Balaban J connectivity index is 1.99. The number of halogens is 1. The highest BCUT2D eigenvalue weighted by Crippen LogP contribution is 2.14. The number of rotatable bonds is 4. The topological polar surface area (TPSA) is 75.4 Å². The average Bonchev–Trinajstić information content (AvgIpc) is 2.45. The lowest BCUT2D eigenvalue weighted by atomic mass is 10.1. The lowest BCUT2D eigenvalue weighted by Crippen LogP contribution is -2.29. The van der Waals surface area contributed by atoms with Crippen LogP contribution in [0.5, 0.6) is 0 Å². The van der Waals surface area contributed by atoms with Crippen molar-refractivity contribution in [2.45, 2.75) is 6.10 Å². The van der Waals surface area contributed by atoms with Crippen molar-refractivity contribution in [2.24, 2.45) is 0 Å². The molecule has 0 aliphatic carbocycles. The summed E-state index contributed by atoms with van der Waals surface area (Å²) < 4.78 is 12.9. The highest BCUT2D eigenvalue weighted by molar-refractivity contribution is 5.99. The summed E-state index contributed by atoms with van der Waals surface area (Å²) in [7, 11) is 0. The second kappa shape index (κ2) is 6.16. The summed E-state index contributed by atoms with van der Waals surface area (Å²) in [6.07, 6.45) is -0.804. The number of anilines is 1. The number of nitrogen functional groups attached to an aromatic ring is 1. The Hall–Kier alpha value is -2.40. The summed E-state index contributed by atoms with van der Waals surface area (Å²) in [5.74, 6) is -0.944. The van der Waals surface area contributed by atoms with Crippen LogP contribution in [0.2, 0.25) is 0 Å². The number of benzene rings is 2. The number of hydrogen-bond donors (Lipinski definition) is 3. The Morgan fingerprint density at radius 2 is 1.95 bits per heavy atom. The largest absolute Gasteiger partial charge is 0.398 e. The van der Waals surface area contributed by atoms with Gasteiger partial charge in [0.25, 0.3) is 5.91 Å². The van der Waals surface area contributed by atoms with Crippen molar-refractivity contribution in [3.63, 3.8) is 0 Å². The standard InChI is InChI=1S/C15H15FN2O2/c16-11-6-7-12(13(17)8-11)15(20)18-9-14(19)10-4-2-1-3-5-10/h1-8,14,19H,9,17H2,(H,18,20). The first kappa shape index (κ1) is 14.0. The van der Waals surface area contributed by atoms with Crippen LogP contribution in [0.15, 0.2) is 48.5 Å². The summed E-state index contributed by atoms with van der Waals surface area (Å²) in [5, 5.41) is 12.5. The number of hydrogen-bond acceptors (Lipinski definition) is 3. The zero-order chi connectivity index (χ0) is 14.5. The Bertz CT molecular complexity index is 602. The zero-order valence-corrected chi connectivity index (χ0v) is 10.7. The van der Waals surface area contributed by atoms with E-state index in [-0.39, 0.29) is 17.8 Å². The summed E-state index contributed by atoms with van der Waals surface area (Å²) in [6, 6.07) is 12.5. The molecule has 0 saturated heterocycles. The van der Waals surface area contributed by atoms with E-state index in [1.165, 1.54) is 12.1 Å². The van der Waals surface area contributed by atoms with Gasteiger partial charge in [0.2, 0.25) is 0 Å². The van der Waals surface area contributed by atoms with Crippen molar-refractivity contribution in [1.29, 1.82) is 0 Å². The van der Waals surface area contributed by atoms with E-state index in [0.29, 0.717) is 5.56 Å². The SMILES string of the molecule is Nc1cc(F)ccc1C(=O)NCC(O)c1ccccc1. The van der Waals surface area contributed by atoms with Crippen LogP contribution in [0.3, 0.4) is 0 Å². The normalized spacial score (nSPS) is 11.9. The predicted octanol–water partition coefficient (Wildman–Crippen LogP) is 1.87. The smallest absolute Gasteiger partial charge is 0.253 e. The molecule has 2 aromatic carbocycles. The summed E-state index contributed by atoms with van der Waals surface area (Å²) in [6.45, 7) is 0.0552. The molecule has 1 amide bonds. The molecule has 0 fully saturated rings. The number of aliphatic hydroxyl groups is 1. The third kappa shape index (κ3) is 3.33. The van der Waals surface area contributed by atoms with Gasteiger partial charge in [-0.2, -0.15) is 0 Å². The Morgan fingerprint density at radius 3 is 2.60 bits per heavy atom. The second-order valence-electron chi connectivity index (χ2n) is 4.37. The van der Waals surface area contributed by atoms with Crippen LogP contribution in [-0.2, 0) is 0 Å². The Labute approximate surface area is 116 Å². The highest BCUT2D eigenvalue weighted by atomic mass is 19.1. The lowest BCUT2D eigenvalue weighted by Gasteiger charge is -2.13. The summed E-state index contributed by atoms with van der Waals surface area (Å²) in [5.41, 5.74) is 6.54. The zero-order valence-electron chi connectivity index (χ0n) is 10.7. The van der Waals surface area contributed by atoms with Crippen molar-refractivity contribution in [2.75, 3.05) is 12.3 Å². The van der Waals surface area contributed by atoms with Crippen molar-refractivity contribution >= 4 is 11.6 Å². The molecular weight excluding hydrogens is 259 g/mol. The van der Waals surface area contributed by atoms with E-state index in [2.05, 4.69) is 5.32 Å². The molecule has 0 heterocycles. The van der Waals surface area contributed by atoms with Crippen LogP contribution in [0, 0.1) is 5.82 Å².